The van der Waals surface area contributed by atoms with Gasteiger partial charge in [0.2, 0.25) is 0 Å². The monoisotopic (exact) mass is 207 g/mol. The summed E-state index contributed by atoms with van der Waals surface area (Å²) in [6.07, 6.45) is 0. The molecule has 0 radical (unpaired) electrons. The normalized spacial score (nSPS) is 10.8. The molecule has 0 aliphatic rings. The lowest BCUT2D eigenvalue weighted by molar-refractivity contribution is 1.01. The third-order valence-corrected chi connectivity index (χ3v) is 3.07. The Balaban J connectivity index is 2.43. The Labute approximate surface area is 87.0 Å². The Morgan fingerprint density at radius 1 is 1.50 bits per heavy atom. The Bertz CT molecular complexity index is 442. The molecule has 0 spiro atoms. The van der Waals surface area contributed by atoms with Crippen molar-refractivity contribution in [2.75, 3.05) is 0 Å². The van der Waals surface area contributed by atoms with Gasteiger partial charge in [-0.25, -0.2) is 4.98 Å². The van der Waals surface area contributed by atoms with Crippen LogP contribution in [0.1, 0.15) is 17.1 Å². The predicted octanol–water partition coefficient (Wildman–Crippen LogP) is 2.21. The molecule has 0 aromatic carbocycles. The van der Waals surface area contributed by atoms with Gasteiger partial charge in [0, 0.05) is 28.9 Å². The van der Waals surface area contributed by atoms with Crippen LogP contribution in [0.15, 0.2) is 11.4 Å². The van der Waals surface area contributed by atoms with E-state index in [1.807, 2.05) is 12.3 Å². The largest absolute Gasteiger partial charge is 0.362 e. The number of hydrogen-bond donors (Lipinski definition) is 2. The van der Waals surface area contributed by atoms with Gasteiger partial charge in [0.1, 0.15) is 5.01 Å². The molecule has 0 atom stereocenters. The summed E-state index contributed by atoms with van der Waals surface area (Å²) in [5.41, 5.74) is 10.0. The second-order valence-corrected chi connectivity index (χ2v) is 4.20. The Morgan fingerprint density at radius 2 is 2.29 bits per heavy atom. The summed E-state index contributed by atoms with van der Waals surface area (Å²) in [4.78, 5) is 7.72. The van der Waals surface area contributed by atoms with Crippen LogP contribution < -0.4 is 5.73 Å². The molecule has 2 aromatic heterocycles. The first-order valence-electron chi connectivity index (χ1n) is 4.51. The van der Waals surface area contributed by atoms with Gasteiger partial charge >= 0.3 is 0 Å². The Hall–Kier alpha value is -1.13. The molecule has 0 saturated carbocycles. The molecule has 2 rings (SSSR count). The van der Waals surface area contributed by atoms with Gasteiger partial charge in [-0.15, -0.1) is 11.3 Å². The van der Waals surface area contributed by atoms with Crippen LogP contribution in [0.25, 0.3) is 10.6 Å². The van der Waals surface area contributed by atoms with Crippen molar-refractivity contribution >= 4 is 11.3 Å². The number of aromatic amines is 1. The lowest BCUT2D eigenvalue weighted by Gasteiger charge is -1.92. The smallest absolute Gasteiger partial charge is 0.125 e. The van der Waals surface area contributed by atoms with E-state index in [1.165, 1.54) is 17.0 Å². The van der Waals surface area contributed by atoms with Crippen molar-refractivity contribution in [2.24, 2.45) is 5.73 Å². The highest BCUT2D eigenvalue weighted by atomic mass is 32.1. The zero-order valence-electron chi connectivity index (χ0n) is 8.29. The van der Waals surface area contributed by atoms with Crippen LogP contribution in [-0.4, -0.2) is 9.97 Å². The molecule has 3 N–H and O–H groups in total. The molecule has 0 unspecified atom stereocenters. The molecule has 0 bridgehead atoms. The highest BCUT2D eigenvalue weighted by molar-refractivity contribution is 7.13. The first-order chi connectivity index (χ1) is 6.70. The van der Waals surface area contributed by atoms with Crippen LogP contribution in [0.4, 0.5) is 0 Å². The number of rotatable bonds is 2. The first kappa shape index (κ1) is 9.43. The number of hydrogen-bond acceptors (Lipinski definition) is 3. The first-order valence-corrected chi connectivity index (χ1v) is 5.39. The van der Waals surface area contributed by atoms with Crippen molar-refractivity contribution in [3.05, 3.63) is 28.5 Å². The number of nitrogens with two attached hydrogens (primary N) is 1. The second kappa shape index (κ2) is 3.55. The van der Waals surface area contributed by atoms with Crippen molar-refractivity contribution in [1.29, 1.82) is 0 Å². The summed E-state index contributed by atoms with van der Waals surface area (Å²) < 4.78 is 0. The summed E-state index contributed by atoms with van der Waals surface area (Å²) in [5, 5.41) is 3.06. The van der Waals surface area contributed by atoms with E-state index in [-0.39, 0.29) is 0 Å². The number of aryl methyl sites for hydroxylation is 2. The van der Waals surface area contributed by atoms with Crippen molar-refractivity contribution < 1.29 is 0 Å². The van der Waals surface area contributed by atoms with Gasteiger partial charge in [-0.1, -0.05) is 0 Å². The van der Waals surface area contributed by atoms with Crippen LogP contribution in [0, 0.1) is 13.8 Å². The molecule has 2 aromatic rings. The number of thiazole rings is 1. The third-order valence-electron chi connectivity index (χ3n) is 2.14. The number of H-pyrrole nitrogens is 1. The maximum atomic E-state index is 5.52. The molecule has 0 saturated heterocycles. The van der Waals surface area contributed by atoms with Gasteiger partial charge in [0.05, 0.1) is 5.69 Å². The molecule has 4 heteroatoms. The summed E-state index contributed by atoms with van der Waals surface area (Å²) in [6, 6.07) is 2.12. The van der Waals surface area contributed by atoms with Crippen molar-refractivity contribution in [2.45, 2.75) is 20.4 Å². The molecule has 0 aliphatic heterocycles. The van der Waals surface area contributed by atoms with Gasteiger partial charge in [0.25, 0.3) is 0 Å². The van der Waals surface area contributed by atoms with E-state index in [2.05, 4.69) is 23.0 Å². The fourth-order valence-corrected chi connectivity index (χ4v) is 2.38. The van der Waals surface area contributed by atoms with Crippen molar-refractivity contribution in [3.8, 4) is 10.6 Å². The lowest BCUT2D eigenvalue weighted by Crippen LogP contribution is -1.95. The minimum absolute atomic E-state index is 0.513. The molecule has 74 valence electrons. The Morgan fingerprint density at radius 3 is 2.79 bits per heavy atom. The van der Waals surface area contributed by atoms with Gasteiger partial charge < -0.3 is 10.7 Å². The van der Waals surface area contributed by atoms with Gasteiger partial charge in [-0.3, -0.25) is 0 Å². The second-order valence-electron chi connectivity index (χ2n) is 3.34. The van der Waals surface area contributed by atoms with E-state index in [4.69, 9.17) is 5.73 Å². The Kier molecular flexibility index (Phi) is 2.39. The molecule has 0 aliphatic carbocycles. The quantitative estimate of drug-likeness (QED) is 0.793. The fourth-order valence-electron chi connectivity index (χ4n) is 1.47. The summed E-state index contributed by atoms with van der Waals surface area (Å²) in [5.74, 6) is 0. The molecule has 0 amide bonds. The summed E-state index contributed by atoms with van der Waals surface area (Å²) in [6.45, 7) is 4.62. The van der Waals surface area contributed by atoms with Crippen molar-refractivity contribution in [1.82, 2.24) is 9.97 Å². The minimum atomic E-state index is 0.513. The zero-order valence-corrected chi connectivity index (χ0v) is 9.11. The zero-order chi connectivity index (χ0) is 10.1. The summed E-state index contributed by atoms with van der Waals surface area (Å²) in [7, 11) is 0. The average molecular weight is 207 g/mol. The van der Waals surface area contributed by atoms with E-state index in [9.17, 15) is 0 Å². The van der Waals surface area contributed by atoms with Crippen LogP contribution >= 0.6 is 11.3 Å². The van der Waals surface area contributed by atoms with Crippen LogP contribution in [0.3, 0.4) is 0 Å². The van der Waals surface area contributed by atoms with Crippen LogP contribution in [-0.2, 0) is 6.54 Å². The van der Waals surface area contributed by atoms with E-state index in [0.29, 0.717) is 6.54 Å². The topological polar surface area (TPSA) is 54.7 Å². The molecule has 3 nitrogen and oxygen atoms in total. The van der Waals surface area contributed by atoms with Crippen LogP contribution in [0.5, 0.6) is 0 Å². The summed E-state index contributed by atoms with van der Waals surface area (Å²) >= 11 is 1.64. The lowest BCUT2D eigenvalue weighted by atomic mass is 10.2. The van der Waals surface area contributed by atoms with Gasteiger partial charge in [-0.05, 0) is 19.9 Å². The van der Waals surface area contributed by atoms with Crippen molar-refractivity contribution in [3.63, 3.8) is 0 Å². The average Bonchev–Trinajstić information content (AvgIpc) is 2.71. The molecule has 14 heavy (non-hydrogen) atoms. The predicted molar refractivity (Wildman–Crippen MR) is 59.3 cm³/mol. The van der Waals surface area contributed by atoms with Gasteiger partial charge in [-0.2, -0.15) is 0 Å². The fraction of sp³-hybridized carbons (Fsp3) is 0.300. The van der Waals surface area contributed by atoms with E-state index >= 15 is 0 Å². The maximum absolute atomic E-state index is 5.52. The number of nitrogens with zero attached hydrogens (tertiary/aromatic N) is 1. The maximum Gasteiger partial charge on any atom is 0.125 e. The molecule has 2 heterocycles. The SMILES string of the molecule is Cc1cc(-c2nc(CN)cs2)c(C)[nH]1. The number of nitrogens with one attached hydrogen (secondary N) is 1. The highest BCUT2D eigenvalue weighted by Crippen LogP contribution is 2.27. The highest BCUT2D eigenvalue weighted by Gasteiger charge is 2.08. The van der Waals surface area contributed by atoms with E-state index in [0.717, 1.165) is 10.7 Å². The van der Waals surface area contributed by atoms with Gasteiger partial charge in [0.15, 0.2) is 0 Å². The van der Waals surface area contributed by atoms with E-state index < -0.39 is 0 Å². The standard InChI is InChI=1S/C10H13N3S/c1-6-3-9(7(2)12-6)10-13-8(4-11)5-14-10/h3,5,12H,4,11H2,1-2H3. The molecular formula is C10H13N3S. The van der Waals surface area contributed by atoms with E-state index in [1.54, 1.807) is 11.3 Å². The van der Waals surface area contributed by atoms with Crippen LogP contribution in [0.2, 0.25) is 0 Å². The molecular weight excluding hydrogens is 194 g/mol. The third kappa shape index (κ3) is 1.58. The molecule has 0 fully saturated rings. The minimum Gasteiger partial charge on any atom is -0.362 e. The number of aromatic nitrogens is 2.